The third-order valence-electron chi connectivity index (χ3n) is 2.26. The third kappa shape index (κ3) is 4.07. The van der Waals surface area contributed by atoms with Gasteiger partial charge in [-0.25, -0.2) is 0 Å². The Morgan fingerprint density at radius 3 is 2.93 bits per heavy atom. The van der Waals surface area contributed by atoms with E-state index >= 15 is 0 Å². The van der Waals surface area contributed by atoms with Crippen molar-refractivity contribution in [3.8, 4) is 0 Å². The summed E-state index contributed by atoms with van der Waals surface area (Å²) in [6, 6.07) is 0.218. The van der Waals surface area contributed by atoms with E-state index in [4.69, 9.17) is 10.5 Å². The Balaban J connectivity index is 2.25. The van der Waals surface area contributed by atoms with Crippen molar-refractivity contribution >= 4 is 5.97 Å². The largest absolute Gasteiger partial charge is 0.462 e. The number of likely N-dealkylation sites (tertiary alicyclic amines) is 1. The van der Waals surface area contributed by atoms with Crippen molar-refractivity contribution < 1.29 is 9.53 Å². The molecule has 0 saturated carbocycles. The van der Waals surface area contributed by atoms with Gasteiger partial charge in [-0.1, -0.05) is 0 Å². The molecule has 14 heavy (non-hydrogen) atoms. The van der Waals surface area contributed by atoms with Crippen LogP contribution in [0.1, 0.15) is 26.7 Å². The van der Waals surface area contributed by atoms with Gasteiger partial charge in [0.1, 0.15) is 0 Å². The van der Waals surface area contributed by atoms with Gasteiger partial charge >= 0.3 is 5.97 Å². The molecule has 82 valence electrons. The van der Waals surface area contributed by atoms with Crippen LogP contribution in [0.25, 0.3) is 0 Å². The Hall–Kier alpha value is -0.610. The van der Waals surface area contributed by atoms with Crippen LogP contribution < -0.4 is 5.73 Å². The highest BCUT2D eigenvalue weighted by Crippen LogP contribution is 2.07. The molecule has 1 aliphatic heterocycles. The first kappa shape index (κ1) is 11.5. The van der Waals surface area contributed by atoms with E-state index < -0.39 is 0 Å². The van der Waals surface area contributed by atoms with Gasteiger partial charge in [-0.15, -0.1) is 0 Å². The Morgan fingerprint density at radius 1 is 1.64 bits per heavy atom. The number of rotatable bonds is 3. The summed E-state index contributed by atoms with van der Waals surface area (Å²) in [5, 5.41) is 0. The first-order valence-electron chi connectivity index (χ1n) is 5.25. The van der Waals surface area contributed by atoms with Crippen LogP contribution in [0.5, 0.6) is 0 Å². The Labute approximate surface area is 85.4 Å². The van der Waals surface area contributed by atoms with Crippen molar-refractivity contribution in [2.24, 2.45) is 5.73 Å². The summed E-state index contributed by atoms with van der Waals surface area (Å²) in [7, 11) is 0. The number of esters is 1. The molecule has 1 fully saturated rings. The zero-order valence-corrected chi connectivity index (χ0v) is 9.03. The summed E-state index contributed by atoms with van der Waals surface area (Å²) in [6.45, 7) is 5.87. The fourth-order valence-electron chi connectivity index (χ4n) is 1.72. The normalized spacial score (nSPS) is 23.9. The number of hydrogen-bond acceptors (Lipinski definition) is 4. The molecule has 0 aromatic carbocycles. The maximum atomic E-state index is 11.3. The number of ether oxygens (including phenoxy) is 1. The second-order valence-electron chi connectivity index (χ2n) is 4.18. The quantitative estimate of drug-likeness (QED) is 0.668. The van der Waals surface area contributed by atoms with Gasteiger partial charge < -0.3 is 10.5 Å². The first-order chi connectivity index (χ1) is 6.58. The summed E-state index contributed by atoms with van der Waals surface area (Å²) in [6.07, 6.45) is 2.12. The number of carbonyl (C=O) groups excluding carboxylic acids is 1. The first-order valence-corrected chi connectivity index (χ1v) is 5.25. The molecule has 1 rings (SSSR count). The highest BCUT2D eigenvalue weighted by atomic mass is 16.5. The molecule has 0 aliphatic carbocycles. The predicted molar refractivity (Wildman–Crippen MR) is 54.9 cm³/mol. The molecule has 2 N–H and O–H groups in total. The van der Waals surface area contributed by atoms with E-state index in [-0.39, 0.29) is 18.1 Å². The van der Waals surface area contributed by atoms with E-state index in [1.54, 1.807) is 0 Å². The van der Waals surface area contributed by atoms with E-state index in [2.05, 4.69) is 4.90 Å². The highest BCUT2D eigenvalue weighted by Gasteiger charge is 2.19. The molecule has 1 saturated heterocycles. The molecule has 0 bridgehead atoms. The summed E-state index contributed by atoms with van der Waals surface area (Å²) in [5.41, 5.74) is 5.81. The fraction of sp³-hybridized carbons (Fsp3) is 0.900. The predicted octanol–water partition coefficient (Wildman–Crippen LogP) is 0.361. The van der Waals surface area contributed by atoms with Gasteiger partial charge in [-0.3, -0.25) is 9.69 Å². The molecule has 1 heterocycles. The average molecular weight is 200 g/mol. The van der Waals surface area contributed by atoms with Crippen LogP contribution in [-0.2, 0) is 9.53 Å². The minimum atomic E-state index is -0.144. The zero-order chi connectivity index (χ0) is 10.6. The number of piperidine rings is 1. The lowest BCUT2D eigenvalue weighted by Crippen LogP contribution is -2.45. The monoisotopic (exact) mass is 200 g/mol. The lowest BCUT2D eigenvalue weighted by atomic mass is 10.1. The molecule has 4 heteroatoms. The number of carbonyl (C=O) groups is 1. The summed E-state index contributed by atoms with van der Waals surface area (Å²) >= 11 is 0. The topological polar surface area (TPSA) is 55.6 Å². The van der Waals surface area contributed by atoms with Gasteiger partial charge in [-0.05, 0) is 33.2 Å². The van der Waals surface area contributed by atoms with Crippen LogP contribution in [0.2, 0.25) is 0 Å². The van der Waals surface area contributed by atoms with Crippen molar-refractivity contribution in [3.63, 3.8) is 0 Å². The van der Waals surface area contributed by atoms with E-state index in [9.17, 15) is 4.79 Å². The second kappa shape index (κ2) is 5.32. The number of nitrogens with zero attached hydrogens (tertiary/aromatic N) is 1. The van der Waals surface area contributed by atoms with Crippen molar-refractivity contribution in [2.75, 3.05) is 19.6 Å². The molecule has 0 radical (unpaired) electrons. The molecule has 1 aliphatic rings. The Morgan fingerprint density at radius 2 is 2.36 bits per heavy atom. The maximum absolute atomic E-state index is 11.3. The molecule has 0 aromatic rings. The molecule has 0 aromatic heterocycles. The average Bonchev–Trinajstić information content (AvgIpc) is 2.01. The number of hydrogen-bond donors (Lipinski definition) is 1. The second-order valence-corrected chi connectivity index (χ2v) is 4.18. The number of nitrogens with two attached hydrogens (primary N) is 1. The smallest absolute Gasteiger partial charge is 0.320 e. The summed E-state index contributed by atoms with van der Waals surface area (Å²) in [5.74, 6) is -0.144. The van der Waals surface area contributed by atoms with Gasteiger partial charge in [0, 0.05) is 12.6 Å². The Bertz CT molecular complexity index is 195. The van der Waals surface area contributed by atoms with Crippen LogP contribution in [0.4, 0.5) is 0 Å². The van der Waals surface area contributed by atoms with Crippen LogP contribution in [0, 0.1) is 0 Å². The minimum Gasteiger partial charge on any atom is -0.462 e. The minimum absolute atomic E-state index is 0.0269. The van der Waals surface area contributed by atoms with Gasteiger partial charge in [-0.2, -0.15) is 0 Å². The van der Waals surface area contributed by atoms with Gasteiger partial charge in [0.15, 0.2) is 0 Å². The highest BCUT2D eigenvalue weighted by molar-refractivity contribution is 5.71. The van der Waals surface area contributed by atoms with Crippen LogP contribution in [0.15, 0.2) is 0 Å². The van der Waals surface area contributed by atoms with E-state index in [0.29, 0.717) is 6.54 Å². The lowest BCUT2D eigenvalue weighted by Gasteiger charge is -2.29. The van der Waals surface area contributed by atoms with Crippen LogP contribution in [-0.4, -0.2) is 42.6 Å². The van der Waals surface area contributed by atoms with Crippen molar-refractivity contribution in [3.05, 3.63) is 0 Å². The SMILES string of the molecule is CC(C)OC(=O)CN1CCCC(N)C1. The lowest BCUT2D eigenvalue weighted by molar-refractivity contribution is -0.148. The van der Waals surface area contributed by atoms with Crippen molar-refractivity contribution in [1.82, 2.24) is 4.90 Å². The van der Waals surface area contributed by atoms with Gasteiger partial charge in [0.2, 0.25) is 0 Å². The molecule has 1 unspecified atom stereocenters. The van der Waals surface area contributed by atoms with Gasteiger partial charge in [0.25, 0.3) is 0 Å². The molecular formula is C10H20N2O2. The van der Waals surface area contributed by atoms with Crippen LogP contribution in [0.3, 0.4) is 0 Å². The maximum Gasteiger partial charge on any atom is 0.320 e. The van der Waals surface area contributed by atoms with E-state index in [1.807, 2.05) is 13.8 Å². The zero-order valence-electron chi connectivity index (χ0n) is 9.03. The van der Waals surface area contributed by atoms with Gasteiger partial charge in [0.05, 0.1) is 12.6 Å². The standard InChI is InChI=1S/C10H20N2O2/c1-8(2)14-10(13)7-12-5-3-4-9(11)6-12/h8-9H,3-7,11H2,1-2H3. The van der Waals surface area contributed by atoms with E-state index in [1.165, 1.54) is 0 Å². The molecule has 1 atom stereocenters. The van der Waals surface area contributed by atoms with Crippen molar-refractivity contribution in [1.29, 1.82) is 0 Å². The van der Waals surface area contributed by atoms with Crippen molar-refractivity contribution in [2.45, 2.75) is 38.8 Å². The third-order valence-corrected chi connectivity index (χ3v) is 2.26. The Kier molecular flexibility index (Phi) is 4.35. The summed E-state index contributed by atoms with van der Waals surface area (Å²) in [4.78, 5) is 13.4. The molecule has 0 amide bonds. The van der Waals surface area contributed by atoms with Crippen LogP contribution >= 0.6 is 0 Å². The molecule has 0 spiro atoms. The van der Waals surface area contributed by atoms with E-state index in [0.717, 1.165) is 25.9 Å². The fourth-order valence-corrected chi connectivity index (χ4v) is 1.72. The molecule has 4 nitrogen and oxygen atoms in total. The molecular weight excluding hydrogens is 180 g/mol. The summed E-state index contributed by atoms with van der Waals surface area (Å²) < 4.78 is 5.07.